The predicted molar refractivity (Wildman–Crippen MR) is 70.4 cm³/mol. The Morgan fingerprint density at radius 3 is 2.53 bits per heavy atom. The predicted octanol–water partition coefficient (Wildman–Crippen LogP) is 2.13. The maximum atomic E-state index is 11.4. The maximum absolute atomic E-state index is 11.4. The summed E-state index contributed by atoms with van der Waals surface area (Å²) in [6.07, 6.45) is 0. The van der Waals surface area contributed by atoms with E-state index < -0.39 is 11.9 Å². The highest BCUT2D eigenvalue weighted by Crippen LogP contribution is 2.25. The van der Waals surface area contributed by atoms with Crippen LogP contribution in [0.3, 0.4) is 0 Å². The normalized spacial score (nSPS) is 10.7. The van der Waals surface area contributed by atoms with Gasteiger partial charge in [0.2, 0.25) is 0 Å². The van der Waals surface area contributed by atoms with Gasteiger partial charge in [0.15, 0.2) is 0 Å². The van der Waals surface area contributed by atoms with Crippen LogP contribution < -0.4 is 0 Å². The molecule has 2 aromatic rings. The van der Waals surface area contributed by atoms with Gasteiger partial charge in [0, 0.05) is 5.39 Å². The number of rotatable bonds is 3. The molecule has 0 atom stereocenters. The lowest BCUT2D eigenvalue weighted by molar-refractivity contribution is -0.141. The maximum Gasteiger partial charge on any atom is 0.352 e. The average molecular weight is 261 g/mol. The van der Waals surface area contributed by atoms with Crippen molar-refractivity contribution in [2.24, 2.45) is 0 Å². The Balaban J connectivity index is 2.72. The second-order valence-corrected chi connectivity index (χ2v) is 4.52. The van der Waals surface area contributed by atoms with Crippen molar-refractivity contribution in [2.45, 2.75) is 20.4 Å². The largest absolute Gasteiger partial charge is 0.477 e. The molecule has 0 fully saturated rings. The Hall–Kier alpha value is -2.30. The highest BCUT2D eigenvalue weighted by atomic mass is 16.5. The number of aromatic carboxylic acids is 1. The number of esters is 1. The third kappa shape index (κ3) is 2.31. The van der Waals surface area contributed by atoms with Gasteiger partial charge in [-0.1, -0.05) is 11.6 Å². The number of hydrogen-bond acceptors (Lipinski definition) is 3. The Morgan fingerprint density at radius 2 is 1.95 bits per heavy atom. The highest BCUT2D eigenvalue weighted by Gasteiger charge is 2.18. The summed E-state index contributed by atoms with van der Waals surface area (Å²) in [7, 11) is 1.28. The lowest BCUT2D eigenvalue weighted by Gasteiger charge is -2.09. The first-order valence-electron chi connectivity index (χ1n) is 5.84. The van der Waals surface area contributed by atoms with Crippen LogP contribution in [0.25, 0.3) is 10.9 Å². The minimum absolute atomic E-state index is 0.0918. The molecule has 0 spiro atoms. The van der Waals surface area contributed by atoms with Gasteiger partial charge in [-0.2, -0.15) is 0 Å². The molecule has 0 radical (unpaired) electrons. The van der Waals surface area contributed by atoms with Crippen molar-refractivity contribution >= 4 is 22.8 Å². The molecule has 1 aromatic carbocycles. The van der Waals surface area contributed by atoms with Crippen molar-refractivity contribution in [3.05, 3.63) is 35.0 Å². The average Bonchev–Trinajstić information content (AvgIpc) is 2.67. The monoisotopic (exact) mass is 261 g/mol. The zero-order chi connectivity index (χ0) is 14.2. The van der Waals surface area contributed by atoms with Crippen molar-refractivity contribution in [3.8, 4) is 0 Å². The van der Waals surface area contributed by atoms with E-state index >= 15 is 0 Å². The fraction of sp³-hybridized carbons (Fsp3) is 0.286. The molecule has 0 aliphatic rings. The van der Waals surface area contributed by atoms with Crippen LogP contribution in [-0.2, 0) is 16.1 Å². The van der Waals surface area contributed by atoms with E-state index in [4.69, 9.17) is 0 Å². The van der Waals surface area contributed by atoms with Crippen LogP contribution in [0, 0.1) is 13.8 Å². The first-order valence-corrected chi connectivity index (χ1v) is 5.84. The van der Waals surface area contributed by atoms with Crippen LogP contribution >= 0.6 is 0 Å². The second-order valence-electron chi connectivity index (χ2n) is 4.52. The number of ether oxygens (including phenoxy) is 1. The van der Waals surface area contributed by atoms with Crippen LogP contribution in [0.2, 0.25) is 0 Å². The number of carboxylic acid groups (broad SMARTS) is 1. The SMILES string of the molecule is COC(=O)Cn1c(C(=O)O)cc2cc(C)cc(C)c21. The molecule has 2 rings (SSSR count). The van der Waals surface area contributed by atoms with Crippen LogP contribution in [0.5, 0.6) is 0 Å². The molecule has 1 aromatic heterocycles. The number of carbonyl (C=O) groups is 2. The summed E-state index contributed by atoms with van der Waals surface area (Å²) < 4.78 is 6.10. The Labute approximate surface area is 110 Å². The molecule has 0 aliphatic heterocycles. The summed E-state index contributed by atoms with van der Waals surface area (Å²) in [6, 6.07) is 5.45. The molecule has 0 amide bonds. The van der Waals surface area contributed by atoms with E-state index in [9.17, 15) is 14.7 Å². The minimum atomic E-state index is -1.06. The third-order valence-corrected chi connectivity index (χ3v) is 3.06. The molecule has 5 heteroatoms. The molecule has 1 heterocycles. The van der Waals surface area contributed by atoms with Crippen LogP contribution in [0.15, 0.2) is 18.2 Å². The first-order chi connectivity index (χ1) is 8.93. The molecule has 0 bridgehead atoms. The number of aromatic nitrogens is 1. The van der Waals surface area contributed by atoms with Gasteiger partial charge in [0.25, 0.3) is 0 Å². The lowest BCUT2D eigenvalue weighted by atomic mass is 10.1. The Bertz CT molecular complexity index is 670. The van der Waals surface area contributed by atoms with E-state index in [1.807, 2.05) is 26.0 Å². The summed E-state index contributed by atoms with van der Waals surface area (Å²) in [5.41, 5.74) is 2.84. The van der Waals surface area contributed by atoms with E-state index in [2.05, 4.69) is 4.74 Å². The summed E-state index contributed by atoms with van der Waals surface area (Å²) in [4.78, 5) is 22.7. The van der Waals surface area contributed by atoms with Gasteiger partial charge >= 0.3 is 11.9 Å². The van der Waals surface area contributed by atoms with E-state index in [0.29, 0.717) is 0 Å². The molecule has 19 heavy (non-hydrogen) atoms. The highest BCUT2D eigenvalue weighted by molar-refractivity contribution is 5.96. The quantitative estimate of drug-likeness (QED) is 0.859. The molecule has 0 unspecified atom stereocenters. The molecule has 0 saturated heterocycles. The summed E-state index contributed by atoms with van der Waals surface area (Å²) >= 11 is 0. The zero-order valence-corrected chi connectivity index (χ0v) is 11.1. The van der Waals surface area contributed by atoms with Crippen molar-refractivity contribution in [2.75, 3.05) is 7.11 Å². The summed E-state index contributed by atoms with van der Waals surface area (Å²) in [6.45, 7) is 3.74. The number of fused-ring (bicyclic) bond motifs is 1. The third-order valence-electron chi connectivity index (χ3n) is 3.06. The van der Waals surface area contributed by atoms with Gasteiger partial charge in [0.1, 0.15) is 12.2 Å². The Morgan fingerprint density at radius 1 is 1.26 bits per heavy atom. The summed E-state index contributed by atoms with van der Waals surface area (Å²) in [5, 5.41) is 10.1. The molecule has 100 valence electrons. The van der Waals surface area contributed by atoms with Gasteiger partial charge in [-0.3, -0.25) is 4.79 Å². The number of nitrogens with zero attached hydrogens (tertiary/aromatic N) is 1. The fourth-order valence-electron chi connectivity index (χ4n) is 2.35. The number of hydrogen-bond donors (Lipinski definition) is 1. The molecular formula is C14H15NO4. The van der Waals surface area contributed by atoms with Gasteiger partial charge in [-0.05, 0) is 31.5 Å². The van der Waals surface area contributed by atoms with Gasteiger partial charge in [-0.25, -0.2) is 4.79 Å². The van der Waals surface area contributed by atoms with E-state index in [1.165, 1.54) is 11.7 Å². The smallest absolute Gasteiger partial charge is 0.352 e. The lowest BCUT2D eigenvalue weighted by Crippen LogP contribution is -2.16. The number of methoxy groups -OCH3 is 1. The standard InChI is InChI=1S/C14H15NO4/c1-8-4-9(2)13-10(5-8)6-11(14(17)18)15(13)7-12(16)19-3/h4-6H,7H2,1-3H3,(H,17,18). The van der Waals surface area contributed by atoms with E-state index in [1.54, 1.807) is 6.07 Å². The van der Waals surface area contributed by atoms with E-state index in [0.717, 1.165) is 22.0 Å². The van der Waals surface area contributed by atoms with Crippen molar-refractivity contribution in [1.82, 2.24) is 4.57 Å². The topological polar surface area (TPSA) is 68.5 Å². The van der Waals surface area contributed by atoms with Crippen molar-refractivity contribution < 1.29 is 19.4 Å². The summed E-state index contributed by atoms with van der Waals surface area (Å²) in [5.74, 6) is -1.53. The fourth-order valence-corrected chi connectivity index (χ4v) is 2.35. The van der Waals surface area contributed by atoms with Gasteiger partial charge < -0.3 is 14.4 Å². The van der Waals surface area contributed by atoms with Gasteiger partial charge in [0.05, 0.1) is 12.6 Å². The van der Waals surface area contributed by atoms with Gasteiger partial charge in [-0.15, -0.1) is 0 Å². The van der Waals surface area contributed by atoms with Crippen LogP contribution in [-0.4, -0.2) is 28.7 Å². The molecule has 0 aliphatic carbocycles. The Kier molecular flexibility index (Phi) is 3.29. The second kappa shape index (κ2) is 4.76. The minimum Gasteiger partial charge on any atom is -0.477 e. The van der Waals surface area contributed by atoms with Crippen LogP contribution in [0.1, 0.15) is 21.6 Å². The number of carbonyl (C=O) groups excluding carboxylic acids is 1. The number of benzene rings is 1. The van der Waals surface area contributed by atoms with Crippen molar-refractivity contribution in [3.63, 3.8) is 0 Å². The number of carboxylic acids is 1. The number of aryl methyl sites for hydroxylation is 2. The van der Waals surface area contributed by atoms with E-state index in [-0.39, 0.29) is 12.2 Å². The molecule has 0 saturated carbocycles. The first kappa shape index (κ1) is 13.1. The van der Waals surface area contributed by atoms with Crippen LogP contribution in [0.4, 0.5) is 0 Å². The van der Waals surface area contributed by atoms with Crippen molar-refractivity contribution in [1.29, 1.82) is 0 Å². The zero-order valence-electron chi connectivity index (χ0n) is 11.1. The molecule has 5 nitrogen and oxygen atoms in total. The molecule has 1 N–H and O–H groups in total. The molecular weight excluding hydrogens is 246 g/mol.